The zero-order valence-electron chi connectivity index (χ0n) is 11.5. The van der Waals surface area contributed by atoms with E-state index in [1.807, 2.05) is 6.07 Å². The van der Waals surface area contributed by atoms with Crippen LogP contribution in [-0.2, 0) is 6.54 Å². The molecule has 0 aliphatic carbocycles. The number of nitrogens with one attached hydrogen (secondary N) is 1. The van der Waals surface area contributed by atoms with Crippen LogP contribution in [0.25, 0.3) is 10.9 Å². The summed E-state index contributed by atoms with van der Waals surface area (Å²) < 4.78 is 0. The lowest BCUT2D eigenvalue weighted by molar-refractivity contribution is 0.619. The van der Waals surface area contributed by atoms with Crippen molar-refractivity contribution in [1.29, 1.82) is 0 Å². The molecule has 0 spiro atoms. The molecule has 0 amide bonds. The minimum atomic E-state index is 0.772. The van der Waals surface area contributed by atoms with Gasteiger partial charge in [0.05, 0.1) is 5.52 Å². The second-order valence-electron chi connectivity index (χ2n) is 4.87. The zero-order valence-corrected chi connectivity index (χ0v) is 12.2. The van der Waals surface area contributed by atoms with E-state index in [9.17, 15) is 0 Å². The second kappa shape index (κ2) is 7.46. The fourth-order valence-electron chi connectivity index (χ4n) is 2.29. The van der Waals surface area contributed by atoms with Gasteiger partial charge in [0, 0.05) is 23.5 Å². The average Bonchev–Trinajstić information content (AvgIpc) is 2.42. The normalized spacial score (nSPS) is 11.1. The van der Waals surface area contributed by atoms with Gasteiger partial charge in [-0.25, -0.2) is 0 Å². The van der Waals surface area contributed by atoms with E-state index in [0.717, 1.165) is 36.6 Å². The summed E-state index contributed by atoms with van der Waals surface area (Å²) in [6, 6.07) is 10.5. The summed E-state index contributed by atoms with van der Waals surface area (Å²) in [4.78, 5) is 4.56. The molecule has 0 bridgehead atoms. The summed E-state index contributed by atoms with van der Waals surface area (Å²) >= 11 is 5.67. The van der Waals surface area contributed by atoms with E-state index in [-0.39, 0.29) is 0 Å². The van der Waals surface area contributed by atoms with Gasteiger partial charge >= 0.3 is 0 Å². The van der Waals surface area contributed by atoms with Crippen molar-refractivity contribution >= 4 is 22.5 Å². The maximum absolute atomic E-state index is 5.67. The molecule has 0 fully saturated rings. The number of fused-ring (bicyclic) bond motifs is 1. The van der Waals surface area contributed by atoms with Crippen LogP contribution in [0, 0.1) is 6.92 Å². The van der Waals surface area contributed by atoms with E-state index in [0.29, 0.717) is 0 Å². The van der Waals surface area contributed by atoms with E-state index < -0.39 is 0 Å². The summed E-state index contributed by atoms with van der Waals surface area (Å²) in [5.74, 6) is 0.772. The SMILES string of the molecule is Cc1cc(CNCCCCCCl)c2ccccc2n1. The van der Waals surface area contributed by atoms with Crippen LogP contribution in [0.15, 0.2) is 30.3 Å². The molecule has 102 valence electrons. The molecule has 1 aromatic carbocycles. The molecule has 0 atom stereocenters. The fraction of sp³-hybridized carbons (Fsp3) is 0.438. The quantitative estimate of drug-likeness (QED) is 0.610. The molecule has 0 aliphatic rings. The Hall–Kier alpha value is -1.12. The monoisotopic (exact) mass is 276 g/mol. The largest absolute Gasteiger partial charge is 0.313 e. The summed E-state index contributed by atoms with van der Waals surface area (Å²) in [5.41, 5.74) is 3.50. The van der Waals surface area contributed by atoms with Crippen LogP contribution in [0.2, 0.25) is 0 Å². The Morgan fingerprint density at radius 1 is 1.16 bits per heavy atom. The van der Waals surface area contributed by atoms with Gasteiger partial charge < -0.3 is 5.32 Å². The Bertz CT molecular complexity index is 525. The van der Waals surface area contributed by atoms with Gasteiger partial charge in [0.2, 0.25) is 0 Å². The van der Waals surface area contributed by atoms with Gasteiger partial charge in [-0.05, 0) is 44.0 Å². The fourth-order valence-corrected chi connectivity index (χ4v) is 2.47. The van der Waals surface area contributed by atoms with Crippen LogP contribution < -0.4 is 5.32 Å². The summed E-state index contributed by atoms with van der Waals surface area (Å²) in [7, 11) is 0. The van der Waals surface area contributed by atoms with Crippen LogP contribution in [0.1, 0.15) is 30.5 Å². The first kappa shape index (κ1) is 14.3. The molecule has 1 heterocycles. The predicted octanol–water partition coefficient (Wildman–Crippen LogP) is 4.04. The second-order valence-corrected chi connectivity index (χ2v) is 5.24. The Balaban J connectivity index is 1.96. The Morgan fingerprint density at radius 3 is 2.84 bits per heavy atom. The number of unbranched alkanes of at least 4 members (excludes halogenated alkanes) is 2. The van der Waals surface area contributed by atoms with E-state index in [4.69, 9.17) is 11.6 Å². The lowest BCUT2D eigenvalue weighted by Crippen LogP contribution is -2.15. The molecule has 2 aromatic rings. The van der Waals surface area contributed by atoms with Gasteiger partial charge in [0.1, 0.15) is 0 Å². The predicted molar refractivity (Wildman–Crippen MR) is 82.8 cm³/mol. The first-order chi connectivity index (χ1) is 9.31. The van der Waals surface area contributed by atoms with E-state index in [2.05, 4.69) is 41.5 Å². The number of alkyl halides is 1. The number of hydrogen-bond acceptors (Lipinski definition) is 2. The maximum Gasteiger partial charge on any atom is 0.0708 e. The Labute approximate surface area is 120 Å². The van der Waals surface area contributed by atoms with E-state index >= 15 is 0 Å². The Kier molecular flexibility index (Phi) is 5.62. The molecule has 0 aliphatic heterocycles. The van der Waals surface area contributed by atoms with Crippen molar-refractivity contribution in [1.82, 2.24) is 10.3 Å². The number of aryl methyl sites for hydroxylation is 1. The van der Waals surface area contributed by atoms with Crippen molar-refractivity contribution in [2.45, 2.75) is 32.7 Å². The molecule has 2 nitrogen and oxygen atoms in total. The highest BCUT2D eigenvalue weighted by atomic mass is 35.5. The van der Waals surface area contributed by atoms with E-state index in [1.165, 1.54) is 23.8 Å². The summed E-state index contributed by atoms with van der Waals surface area (Å²) in [6.07, 6.45) is 3.50. The number of pyridine rings is 1. The highest BCUT2D eigenvalue weighted by Gasteiger charge is 2.02. The third kappa shape index (κ3) is 4.19. The molecule has 3 heteroatoms. The smallest absolute Gasteiger partial charge is 0.0708 e. The van der Waals surface area contributed by atoms with Crippen LogP contribution in [0.4, 0.5) is 0 Å². The summed E-state index contributed by atoms with van der Waals surface area (Å²) in [6.45, 7) is 4.01. The number of nitrogens with zero attached hydrogens (tertiary/aromatic N) is 1. The van der Waals surface area contributed by atoms with Crippen LogP contribution in [0.3, 0.4) is 0 Å². The summed E-state index contributed by atoms with van der Waals surface area (Å²) in [5, 5.41) is 4.76. The molecular weight excluding hydrogens is 256 g/mol. The minimum Gasteiger partial charge on any atom is -0.313 e. The standard InChI is InChI=1S/C16H21ClN2/c1-13-11-14(12-18-10-6-2-5-9-17)15-7-3-4-8-16(15)19-13/h3-4,7-8,11,18H,2,5-6,9-10,12H2,1H3. The van der Waals surface area contributed by atoms with Crippen LogP contribution in [0.5, 0.6) is 0 Å². The molecule has 0 radical (unpaired) electrons. The maximum atomic E-state index is 5.67. The number of halogens is 1. The van der Waals surface area contributed by atoms with Gasteiger partial charge in [-0.1, -0.05) is 24.6 Å². The molecule has 2 rings (SSSR count). The van der Waals surface area contributed by atoms with Gasteiger partial charge in [0.25, 0.3) is 0 Å². The Morgan fingerprint density at radius 2 is 2.00 bits per heavy atom. The third-order valence-electron chi connectivity index (χ3n) is 3.23. The van der Waals surface area contributed by atoms with Crippen molar-refractivity contribution in [3.63, 3.8) is 0 Å². The lowest BCUT2D eigenvalue weighted by Gasteiger charge is -2.09. The highest BCUT2D eigenvalue weighted by Crippen LogP contribution is 2.17. The number of aromatic nitrogens is 1. The average molecular weight is 277 g/mol. The number of benzene rings is 1. The van der Waals surface area contributed by atoms with Crippen molar-refractivity contribution in [2.24, 2.45) is 0 Å². The van der Waals surface area contributed by atoms with Crippen molar-refractivity contribution in [3.05, 3.63) is 41.6 Å². The third-order valence-corrected chi connectivity index (χ3v) is 3.50. The minimum absolute atomic E-state index is 0.772. The van der Waals surface area contributed by atoms with Crippen LogP contribution >= 0.6 is 11.6 Å². The molecule has 0 unspecified atom stereocenters. The first-order valence-electron chi connectivity index (χ1n) is 6.93. The van der Waals surface area contributed by atoms with Crippen molar-refractivity contribution in [3.8, 4) is 0 Å². The molecule has 1 N–H and O–H groups in total. The lowest BCUT2D eigenvalue weighted by atomic mass is 10.1. The number of para-hydroxylation sites is 1. The van der Waals surface area contributed by atoms with Crippen molar-refractivity contribution in [2.75, 3.05) is 12.4 Å². The van der Waals surface area contributed by atoms with Gasteiger partial charge in [0.15, 0.2) is 0 Å². The molecule has 0 saturated heterocycles. The highest BCUT2D eigenvalue weighted by molar-refractivity contribution is 6.17. The van der Waals surface area contributed by atoms with Gasteiger partial charge in [-0.15, -0.1) is 11.6 Å². The van der Waals surface area contributed by atoms with E-state index in [1.54, 1.807) is 0 Å². The van der Waals surface area contributed by atoms with Gasteiger partial charge in [-0.2, -0.15) is 0 Å². The van der Waals surface area contributed by atoms with Gasteiger partial charge in [-0.3, -0.25) is 4.98 Å². The molecule has 19 heavy (non-hydrogen) atoms. The molecular formula is C16H21ClN2. The molecule has 1 aromatic heterocycles. The first-order valence-corrected chi connectivity index (χ1v) is 7.46. The number of hydrogen-bond donors (Lipinski definition) is 1. The van der Waals surface area contributed by atoms with Crippen molar-refractivity contribution < 1.29 is 0 Å². The zero-order chi connectivity index (χ0) is 13.5. The topological polar surface area (TPSA) is 24.9 Å². The number of rotatable bonds is 7. The van der Waals surface area contributed by atoms with Crippen LogP contribution in [-0.4, -0.2) is 17.4 Å². The molecule has 0 saturated carbocycles.